The fraction of sp³-hybridized carbons (Fsp3) is 0.667. The van der Waals surface area contributed by atoms with Gasteiger partial charge in [-0.05, 0) is 12.1 Å². The molecule has 0 aliphatic rings. The molecule has 0 aromatic heterocycles. The summed E-state index contributed by atoms with van der Waals surface area (Å²) in [4.78, 5) is 0. The van der Waals surface area contributed by atoms with Crippen molar-refractivity contribution in [3.05, 3.63) is 12.2 Å². The van der Waals surface area contributed by atoms with E-state index in [0.717, 1.165) is 0 Å². The Hall–Kier alpha value is 0.170. The average Bonchev–Trinajstić information content (AvgIpc) is 1.31. The van der Waals surface area contributed by atoms with Crippen LogP contribution in [0.5, 0.6) is 0 Å². The maximum absolute atomic E-state index is 3.81. The molecule has 1 heteroatoms. The predicted molar refractivity (Wildman–Crippen MR) is 38.6 cm³/mol. The van der Waals surface area contributed by atoms with Crippen LogP contribution < -0.4 is 0 Å². The van der Waals surface area contributed by atoms with Crippen LogP contribution in [0.3, 0.4) is 0 Å². The standard InChI is InChI=1S/C6H13P/c1-5(2)6(3,4)7/h1,7H2,2-4H3. The number of hydrogen-bond donors (Lipinski definition) is 0. The first-order valence-electron chi connectivity index (χ1n) is 2.39. The SMILES string of the molecule is C=C(C)C(C)(C)P. The molecule has 42 valence electrons. The Kier molecular flexibility index (Phi) is 2.01. The molecule has 7 heavy (non-hydrogen) atoms. The number of allylic oxidation sites excluding steroid dienone is 1. The Morgan fingerprint density at radius 1 is 1.57 bits per heavy atom. The highest BCUT2D eigenvalue weighted by molar-refractivity contribution is 7.19. The van der Waals surface area contributed by atoms with E-state index in [9.17, 15) is 0 Å². The van der Waals surface area contributed by atoms with E-state index in [1.54, 1.807) is 0 Å². The Bertz CT molecular complexity index is 76.7. The van der Waals surface area contributed by atoms with Crippen LogP contribution in [0.2, 0.25) is 0 Å². The minimum Gasteiger partial charge on any atom is -0.127 e. The number of hydrogen-bond acceptors (Lipinski definition) is 0. The summed E-state index contributed by atoms with van der Waals surface area (Å²) >= 11 is 0. The molecule has 1 unspecified atom stereocenters. The van der Waals surface area contributed by atoms with Gasteiger partial charge in [0.15, 0.2) is 0 Å². The van der Waals surface area contributed by atoms with Crippen LogP contribution in [0.15, 0.2) is 12.2 Å². The van der Waals surface area contributed by atoms with Gasteiger partial charge in [-0.3, -0.25) is 0 Å². The van der Waals surface area contributed by atoms with Crippen LogP contribution in [0.25, 0.3) is 0 Å². The van der Waals surface area contributed by atoms with E-state index in [-0.39, 0.29) is 5.16 Å². The summed E-state index contributed by atoms with van der Waals surface area (Å²) < 4.78 is 0. The van der Waals surface area contributed by atoms with Crippen LogP contribution in [-0.4, -0.2) is 5.16 Å². The zero-order valence-electron chi connectivity index (χ0n) is 5.28. The van der Waals surface area contributed by atoms with Gasteiger partial charge in [0.25, 0.3) is 0 Å². The molecule has 1 atom stereocenters. The summed E-state index contributed by atoms with van der Waals surface area (Å²) in [6.07, 6.45) is 0. The van der Waals surface area contributed by atoms with Crippen LogP contribution >= 0.6 is 9.24 Å². The topological polar surface area (TPSA) is 0 Å². The summed E-state index contributed by atoms with van der Waals surface area (Å²) in [5, 5.41) is 0.222. The molecule has 0 aromatic carbocycles. The molecule has 0 radical (unpaired) electrons. The van der Waals surface area contributed by atoms with Gasteiger partial charge in [0.1, 0.15) is 0 Å². The Balaban J connectivity index is 3.79. The minimum absolute atomic E-state index is 0.222. The Labute approximate surface area is 48.2 Å². The fourth-order valence-electron chi connectivity index (χ4n) is 0. The predicted octanol–water partition coefficient (Wildman–Crippen LogP) is 2.22. The van der Waals surface area contributed by atoms with Gasteiger partial charge >= 0.3 is 0 Å². The molecule has 0 spiro atoms. The highest BCUT2D eigenvalue weighted by atomic mass is 31.0. The first kappa shape index (κ1) is 7.17. The number of rotatable bonds is 1. The largest absolute Gasteiger partial charge is 0.127 e. The molecule has 0 nitrogen and oxygen atoms in total. The van der Waals surface area contributed by atoms with Gasteiger partial charge in [-0.25, -0.2) is 0 Å². The lowest BCUT2D eigenvalue weighted by atomic mass is 10.1. The second-order valence-electron chi connectivity index (χ2n) is 2.50. The van der Waals surface area contributed by atoms with E-state index < -0.39 is 0 Å². The van der Waals surface area contributed by atoms with Crippen molar-refractivity contribution < 1.29 is 0 Å². The lowest BCUT2D eigenvalue weighted by molar-refractivity contribution is 0.838. The van der Waals surface area contributed by atoms with Crippen molar-refractivity contribution in [2.75, 3.05) is 0 Å². The van der Waals surface area contributed by atoms with E-state index in [0.29, 0.717) is 0 Å². The highest BCUT2D eigenvalue weighted by Crippen LogP contribution is 2.23. The molecule has 0 aliphatic heterocycles. The van der Waals surface area contributed by atoms with Crippen LogP contribution in [0.1, 0.15) is 20.8 Å². The summed E-state index contributed by atoms with van der Waals surface area (Å²) in [5.41, 5.74) is 1.21. The summed E-state index contributed by atoms with van der Waals surface area (Å²) in [5.74, 6) is 0. The molecular weight excluding hydrogens is 103 g/mol. The van der Waals surface area contributed by atoms with E-state index in [1.807, 2.05) is 6.92 Å². The Morgan fingerprint density at radius 3 is 1.71 bits per heavy atom. The van der Waals surface area contributed by atoms with Crippen molar-refractivity contribution in [3.8, 4) is 0 Å². The van der Waals surface area contributed by atoms with Gasteiger partial charge in [0.2, 0.25) is 0 Å². The smallest absolute Gasteiger partial charge is 0.000507 e. The molecule has 0 aromatic rings. The molecule has 0 N–H and O–H groups in total. The Morgan fingerprint density at radius 2 is 1.71 bits per heavy atom. The minimum atomic E-state index is 0.222. The van der Waals surface area contributed by atoms with Gasteiger partial charge in [-0.15, -0.1) is 9.24 Å². The van der Waals surface area contributed by atoms with Crippen molar-refractivity contribution in [3.63, 3.8) is 0 Å². The van der Waals surface area contributed by atoms with Crippen molar-refractivity contribution in [2.45, 2.75) is 25.9 Å². The molecule has 0 aliphatic carbocycles. The monoisotopic (exact) mass is 116 g/mol. The van der Waals surface area contributed by atoms with Gasteiger partial charge in [0, 0.05) is 0 Å². The maximum atomic E-state index is 3.81. The average molecular weight is 116 g/mol. The third kappa shape index (κ3) is 2.82. The molecule has 0 saturated heterocycles. The van der Waals surface area contributed by atoms with Crippen LogP contribution in [0, 0.1) is 0 Å². The third-order valence-electron chi connectivity index (χ3n) is 1.10. The van der Waals surface area contributed by atoms with Crippen molar-refractivity contribution in [1.82, 2.24) is 0 Å². The lowest BCUT2D eigenvalue weighted by Crippen LogP contribution is -2.08. The third-order valence-corrected chi connectivity index (χ3v) is 1.59. The van der Waals surface area contributed by atoms with Gasteiger partial charge < -0.3 is 0 Å². The second-order valence-corrected chi connectivity index (χ2v) is 3.95. The summed E-state index contributed by atoms with van der Waals surface area (Å²) in [6, 6.07) is 0. The zero-order chi connectivity index (χ0) is 6.08. The van der Waals surface area contributed by atoms with Crippen molar-refractivity contribution in [1.29, 1.82) is 0 Å². The molecular formula is C6H13P. The lowest BCUT2D eigenvalue weighted by Gasteiger charge is -2.16. The quantitative estimate of drug-likeness (QED) is 0.364. The molecule has 0 saturated carbocycles. The van der Waals surface area contributed by atoms with E-state index in [4.69, 9.17) is 0 Å². The van der Waals surface area contributed by atoms with E-state index in [2.05, 4.69) is 29.7 Å². The second kappa shape index (κ2) is 1.96. The molecule has 0 fully saturated rings. The van der Waals surface area contributed by atoms with Gasteiger partial charge in [-0.1, -0.05) is 26.0 Å². The summed E-state index contributed by atoms with van der Waals surface area (Å²) in [7, 11) is 2.73. The molecule has 0 bridgehead atoms. The van der Waals surface area contributed by atoms with E-state index in [1.165, 1.54) is 5.57 Å². The zero-order valence-corrected chi connectivity index (χ0v) is 6.44. The van der Waals surface area contributed by atoms with Gasteiger partial charge in [0.05, 0.1) is 0 Å². The van der Waals surface area contributed by atoms with Crippen LogP contribution in [0.4, 0.5) is 0 Å². The van der Waals surface area contributed by atoms with Crippen molar-refractivity contribution in [2.24, 2.45) is 0 Å². The van der Waals surface area contributed by atoms with Crippen LogP contribution in [-0.2, 0) is 0 Å². The summed E-state index contributed by atoms with van der Waals surface area (Å²) in [6.45, 7) is 10.1. The molecule has 0 rings (SSSR count). The first-order valence-corrected chi connectivity index (χ1v) is 2.97. The molecule has 0 heterocycles. The highest BCUT2D eigenvalue weighted by Gasteiger charge is 2.08. The molecule has 0 amide bonds. The fourth-order valence-corrected chi connectivity index (χ4v) is 0. The first-order chi connectivity index (χ1) is 2.94. The maximum Gasteiger partial charge on any atom is -0.000507 e. The normalized spacial score (nSPS) is 11.4. The van der Waals surface area contributed by atoms with E-state index >= 15 is 0 Å². The van der Waals surface area contributed by atoms with Crippen molar-refractivity contribution >= 4 is 9.24 Å². The van der Waals surface area contributed by atoms with Gasteiger partial charge in [-0.2, -0.15) is 0 Å².